The van der Waals surface area contributed by atoms with Gasteiger partial charge in [0.1, 0.15) is 0 Å². The van der Waals surface area contributed by atoms with Crippen LogP contribution in [0.3, 0.4) is 0 Å². The van der Waals surface area contributed by atoms with E-state index in [1.165, 1.54) is 141 Å². The van der Waals surface area contributed by atoms with Gasteiger partial charge in [-0.1, -0.05) is 132 Å². The van der Waals surface area contributed by atoms with Gasteiger partial charge in [-0.3, -0.25) is 0 Å². The molecule has 0 aliphatic carbocycles. The number of hydrogen-bond acceptors (Lipinski definition) is 2. The minimum absolute atomic E-state index is 0.455. The summed E-state index contributed by atoms with van der Waals surface area (Å²) in [5.74, 6) is 0.910. The summed E-state index contributed by atoms with van der Waals surface area (Å²) in [4.78, 5) is 0. The van der Waals surface area contributed by atoms with Crippen LogP contribution in [0.4, 0.5) is 11.4 Å². The highest BCUT2D eigenvalue weighted by atomic mass is 14.5. The lowest BCUT2D eigenvalue weighted by molar-refractivity contribution is 0.579. The van der Waals surface area contributed by atoms with Crippen molar-refractivity contribution in [2.24, 2.45) is 0 Å². The Hall–Kier alpha value is -3.52. The molecule has 4 aromatic rings. The molecule has 0 heterocycles. The van der Waals surface area contributed by atoms with E-state index in [9.17, 15) is 0 Å². The summed E-state index contributed by atoms with van der Waals surface area (Å²) in [6, 6.07) is 31.8. The van der Waals surface area contributed by atoms with Crippen molar-refractivity contribution in [1.82, 2.24) is 0 Å². The predicted molar refractivity (Wildman–Crippen MR) is 207 cm³/mol. The lowest BCUT2D eigenvalue weighted by Gasteiger charge is -2.21. The molecule has 0 aliphatic heterocycles. The van der Waals surface area contributed by atoms with Gasteiger partial charge in [0.15, 0.2) is 0 Å². The zero-order chi connectivity index (χ0) is 33.4. The molecule has 2 unspecified atom stereocenters. The van der Waals surface area contributed by atoms with Gasteiger partial charge in [-0.2, -0.15) is 0 Å². The summed E-state index contributed by atoms with van der Waals surface area (Å²) in [5.41, 5.74) is 25.1. The number of aryl methyl sites for hydroxylation is 4. The first-order chi connectivity index (χ1) is 22.9. The van der Waals surface area contributed by atoms with E-state index < -0.39 is 0 Å². The van der Waals surface area contributed by atoms with Crippen LogP contribution in [0.15, 0.2) is 84.9 Å². The van der Waals surface area contributed by atoms with Gasteiger partial charge in [-0.05, 0) is 121 Å². The van der Waals surface area contributed by atoms with Gasteiger partial charge < -0.3 is 11.5 Å². The van der Waals surface area contributed by atoms with Crippen molar-refractivity contribution >= 4 is 11.4 Å². The quantitative estimate of drug-likeness (QED) is 0.0754. The Balaban J connectivity index is 1.14. The van der Waals surface area contributed by atoms with Gasteiger partial charge >= 0.3 is 0 Å². The molecular weight excluding hydrogens is 569 g/mol. The van der Waals surface area contributed by atoms with Crippen LogP contribution in [0.25, 0.3) is 0 Å². The van der Waals surface area contributed by atoms with Crippen LogP contribution in [0.5, 0.6) is 0 Å². The van der Waals surface area contributed by atoms with Gasteiger partial charge in [-0.25, -0.2) is 0 Å². The van der Waals surface area contributed by atoms with Crippen molar-refractivity contribution in [2.75, 3.05) is 11.5 Å². The minimum atomic E-state index is 0.455. The van der Waals surface area contributed by atoms with E-state index >= 15 is 0 Å². The Bertz CT molecular complexity index is 1350. The molecule has 0 saturated heterocycles. The Labute approximate surface area is 287 Å². The maximum Gasteiger partial charge on any atom is 0.0316 e. The zero-order valence-corrected chi connectivity index (χ0v) is 30.0. The van der Waals surface area contributed by atoms with Crippen molar-refractivity contribution < 1.29 is 0 Å². The van der Waals surface area contributed by atoms with Crippen LogP contribution in [0, 0.1) is 13.8 Å². The van der Waals surface area contributed by atoms with Crippen LogP contribution in [-0.4, -0.2) is 0 Å². The van der Waals surface area contributed by atoms with Gasteiger partial charge in [0.05, 0.1) is 0 Å². The van der Waals surface area contributed by atoms with Gasteiger partial charge in [0, 0.05) is 23.2 Å². The maximum absolute atomic E-state index is 6.05. The summed E-state index contributed by atoms with van der Waals surface area (Å²) in [7, 11) is 0. The van der Waals surface area contributed by atoms with Crippen molar-refractivity contribution in [3.05, 3.63) is 129 Å². The fourth-order valence-electron chi connectivity index (χ4n) is 7.38. The average molecular weight is 631 g/mol. The molecule has 252 valence electrons. The highest BCUT2D eigenvalue weighted by Crippen LogP contribution is 2.34. The Morgan fingerprint density at radius 1 is 0.447 bits per heavy atom. The third-order valence-corrected chi connectivity index (χ3v) is 10.2. The molecule has 0 bridgehead atoms. The summed E-state index contributed by atoms with van der Waals surface area (Å²) >= 11 is 0. The first-order valence-electron chi connectivity index (χ1n) is 18.8. The zero-order valence-electron chi connectivity index (χ0n) is 30.0. The molecule has 4 aromatic carbocycles. The molecule has 2 atom stereocenters. The van der Waals surface area contributed by atoms with Gasteiger partial charge in [0.2, 0.25) is 0 Å². The molecule has 0 spiro atoms. The minimum Gasteiger partial charge on any atom is -0.399 e. The topological polar surface area (TPSA) is 52.0 Å². The fraction of sp³-hybridized carbons (Fsp3) is 0.467. The third kappa shape index (κ3) is 11.3. The summed E-state index contributed by atoms with van der Waals surface area (Å²) < 4.78 is 0. The fourth-order valence-corrected chi connectivity index (χ4v) is 7.38. The van der Waals surface area contributed by atoms with E-state index in [4.69, 9.17) is 11.5 Å². The van der Waals surface area contributed by atoms with Crippen LogP contribution < -0.4 is 11.5 Å². The Kier molecular flexibility index (Phi) is 14.9. The summed E-state index contributed by atoms with van der Waals surface area (Å²) in [6.07, 6.45) is 19.0. The molecule has 47 heavy (non-hydrogen) atoms. The molecule has 0 radical (unpaired) electrons. The average Bonchev–Trinajstić information content (AvgIpc) is 3.07. The van der Waals surface area contributed by atoms with E-state index in [1.54, 1.807) is 0 Å². The second kappa shape index (κ2) is 19.3. The molecule has 2 heteroatoms. The van der Waals surface area contributed by atoms with Crippen LogP contribution in [0.1, 0.15) is 154 Å². The molecule has 0 aromatic heterocycles. The molecule has 0 saturated carbocycles. The van der Waals surface area contributed by atoms with Crippen LogP contribution in [0.2, 0.25) is 0 Å². The van der Waals surface area contributed by atoms with E-state index in [1.807, 2.05) is 0 Å². The number of nitrogens with two attached hydrogens (primary N) is 2. The molecule has 4 rings (SSSR count). The number of hydrogen-bond donors (Lipinski definition) is 2. The largest absolute Gasteiger partial charge is 0.399 e. The standard InChI is InChI=1S/C45H62N2/c1-5-7-18-44(42-30-28-40(46)32-34(42)3)38-24-20-36(21-25-38)16-14-12-10-9-11-13-15-17-37-22-26-39(27-23-37)45(19-8-6-2)43-31-29-41(47)33-35(43)4/h20-33,44-45H,5-19,46-47H2,1-4H3. The molecular formula is C45H62N2. The first kappa shape index (κ1) is 36.3. The summed E-state index contributed by atoms with van der Waals surface area (Å²) in [6.45, 7) is 8.96. The third-order valence-electron chi connectivity index (χ3n) is 10.2. The van der Waals surface area contributed by atoms with E-state index in [2.05, 4.69) is 113 Å². The SMILES string of the molecule is CCCCC(c1ccc(CCCCCCCCCc2ccc(C(CCCC)c3ccc(N)cc3C)cc2)cc1)c1ccc(N)cc1C. The molecule has 2 nitrogen and oxygen atoms in total. The molecule has 0 aliphatic rings. The normalized spacial score (nSPS) is 12.7. The Morgan fingerprint density at radius 2 is 0.809 bits per heavy atom. The van der Waals surface area contributed by atoms with Gasteiger partial charge in [0.25, 0.3) is 0 Å². The lowest BCUT2D eigenvalue weighted by atomic mass is 9.84. The van der Waals surface area contributed by atoms with Crippen molar-refractivity contribution in [3.8, 4) is 0 Å². The maximum atomic E-state index is 6.05. The van der Waals surface area contributed by atoms with Crippen LogP contribution in [-0.2, 0) is 12.8 Å². The molecule has 0 amide bonds. The highest BCUT2D eigenvalue weighted by molar-refractivity contribution is 5.49. The molecule has 0 fully saturated rings. The predicted octanol–water partition coefficient (Wildman–Crippen LogP) is 12.6. The highest BCUT2D eigenvalue weighted by Gasteiger charge is 2.17. The van der Waals surface area contributed by atoms with E-state index in [0.717, 1.165) is 11.4 Å². The number of rotatable bonds is 20. The second-order valence-electron chi connectivity index (χ2n) is 14.1. The number of nitrogen functional groups attached to an aromatic ring is 2. The second-order valence-corrected chi connectivity index (χ2v) is 14.1. The number of unbranched alkanes of at least 4 members (excludes halogenated alkanes) is 8. The van der Waals surface area contributed by atoms with Crippen molar-refractivity contribution in [2.45, 2.75) is 136 Å². The summed E-state index contributed by atoms with van der Waals surface area (Å²) in [5, 5.41) is 0. The number of anilines is 2. The van der Waals surface area contributed by atoms with Crippen molar-refractivity contribution in [1.29, 1.82) is 0 Å². The first-order valence-corrected chi connectivity index (χ1v) is 18.8. The van der Waals surface area contributed by atoms with Crippen molar-refractivity contribution in [3.63, 3.8) is 0 Å². The van der Waals surface area contributed by atoms with E-state index in [0.29, 0.717) is 11.8 Å². The number of benzene rings is 4. The smallest absolute Gasteiger partial charge is 0.0316 e. The monoisotopic (exact) mass is 630 g/mol. The van der Waals surface area contributed by atoms with E-state index in [-0.39, 0.29) is 0 Å². The Morgan fingerprint density at radius 3 is 1.15 bits per heavy atom. The van der Waals surface area contributed by atoms with Crippen LogP contribution >= 0.6 is 0 Å². The molecule has 4 N–H and O–H groups in total. The lowest BCUT2D eigenvalue weighted by Crippen LogP contribution is -2.04. The van der Waals surface area contributed by atoms with Gasteiger partial charge in [-0.15, -0.1) is 0 Å².